The van der Waals surface area contributed by atoms with Crippen LogP contribution in [0.1, 0.15) is 11.1 Å². The molecule has 2 heterocycles. The number of fused-ring (bicyclic) bond motifs is 6. The average molecular weight is 562 g/mol. The van der Waals surface area contributed by atoms with Gasteiger partial charge in [-0.1, -0.05) is 121 Å². The van der Waals surface area contributed by atoms with E-state index in [4.69, 9.17) is 9.97 Å². The molecule has 0 spiro atoms. The lowest BCUT2D eigenvalue weighted by Crippen LogP contribution is -2.03. The summed E-state index contributed by atoms with van der Waals surface area (Å²) in [6.45, 7) is 0. The summed E-state index contributed by atoms with van der Waals surface area (Å²) in [6, 6.07) is 53.9. The molecule has 3 nitrogen and oxygen atoms in total. The highest BCUT2D eigenvalue weighted by Crippen LogP contribution is 2.40. The summed E-state index contributed by atoms with van der Waals surface area (Å²) in [5, 5.41) is 2.37. The number of benzene rings is 6. The third-order valence-corrected chi connectivity index (χ3v) is 8.86. The quantitative estimate of drug-likeness (QED) is 0.214. The Morgan fingerprint density at radius 1 is 0.409 bits per heavy atom. The molecule has 0 amide bonds. The molecule has 0 aliphatic heterocycles. The molecule has 2 aromatic heterocycles. The Morgan fingerprint density at radius 2 is 1.00 bits per heavy atom. The molecule has 9 rings (SSSR count). The first-order valence-corrected chi connectivity index (χ1v) is 15.1. The Balaban J connectivity index is 1.25. The van der Waals surface area contributed by atoms with E-state index in [0.717, 1.165) is 40.0 Å². The SMILES string of the molecule is c1ccc(-c2cc(-c3ccccc3)nc(-n3c4ccccc4c4cc(-c5ccc6c(c5)-c5ccccc5C6)ccc43)n2)cc1. The van der Waals surface area contributed by atoms with Crippen LogP contribution < -0.4 is 0 Å². The van der Waals surface area contributed by atoms with E-state index in [0.29, 0.717) is 5.95 Å². The van der Waals surface area contributed by atoms with E-state index in [1.54, 1.807) is 0 Å². The molecule has 0 fully saturated rings. The minimum atomic E-state index is 0.665. The van der Waals surface area contributed by atoms with Gasteiger partial charge in [-0.2, -0.15) is 0 Å². The molecule has 0 atom stereocenters. The summed E-state index contributed by atoms with van der Waals surface area (Å²) in [5.74, 6) is 0.665. The van der Waals surface area contributed by atoms with Gasteiger partial charge in [-0.25, -0.2) is 9.97 Å². The summed E-state index contributed by atoms with van der Waals surface area (Å²) < 4.78 is 2.21. The predicted octanol–water partition coefficient (Wildman–Crippen LogP) is 10.1. The lowest BCUT2D eigenvalue weighted by Gasteiger charge is -2.12. The summed E-state index contributed by atoms with van der Waals surface area (Å²) in [6.07, 6.45) is 1.01. The Kier molecular flexibility index (Phi) is 5.57. The van der Waals surface area contributed by atoms with Crippen molar-refractivity contribution in [2.24, 2.45) is 0 Å². The lowest BCUT2D eigenvalue weighted by molar-refractivity contribution is 0.995. The normalized spacial score (nSPS) is 12.0. The Bertz CT molecular complexity index is 2290. The molecular formula is C41H27N3. The van der Waals surface area contributed by atoms with Gasteiger partial charge in [0.2, 0.25) is 5.95 Å². The zero-order valence-corrected chi connectivity index (χ0v) is 24.0. The van der Waals surface area contributed by atoms with E-state index >= 15 is 0 Å². The zero-order chi connectivity index (χ0) is 29.0. The van der Waals surface area contributed by atoms with Crippen LogP contribution in [0.25, 0.3) is 72.5 Å². The molecule has 0 saturated carbocycles. The van der Waals surface area contributed by atoms with Crippen molar-refractivity contribution >= 4 is 21.8 Å². The van der Waals surface area contributed by atoms with Crippen LogP contribution in [0.2, 0.25) is 0 Å². The van der Waals surface area contributed by atoms with Crippen molar-refractivity contribution in [3.8, 4) is 50.7 Å². The molecule has 0 bridgehead atoms. The first-order chi connectivity index (χ1) is 21.8. The minimum Gasteiger partial charge on any atom is -0.278 e. The van der Waals surface area contributed by atoms with E-state index in [-0.39, 0.29) is 0 Å². The third kappa shape index (κ3) is 3.98. The van der Waals surface area contributed by atoms with Gasteiger partial charge in [0.25, 0.3) is 0 Å². The molecule has 44 heavy (non-hydrogen) atoms. The zero-order valence-electron chi connectivity index (χ0n) is 24.0. The Morgan fingerprint density at radius 3 is 1.77 bits per heavy atom. The summed E-state index contributed by atoms with van der Waals surface area (Å²) in [4.78, 5) is 10.3. The van der Waals surface area contributed by atoms with Gasteiger partial charge in [-0.3, -0.25) is 4.57 Å². The maximum absolute atomic E-state index is 5.16. The van der Waals surface area contributed by atoms with Gasteiger partial charge in [0.05, 0.1) is 22.4 Å². The van der Waals surface area contributed by atoms with Crippen LogP contribution in [0.3, 0.4) is 0 Å². The van der Waals surface area contributed by atoms with Crippen molar-refractivity contribution in [1.82, 2.24) is 14.5 Å². The third-order valence-electron chi connectivity index (χ3n) is 8.86. The topological polar surface area (TPSA) is 30.7 Å². The van der Waals surface area contributed by atoms with Crippen molar-refractivity contribution in [1.29, 1.82) is 0 Å². The Hall–Kier alpha value is -5.80. The summed E-state index contributed by atoms with van der Waals surface area (Å²) in [5.41, 5.74) is 14.0. The number of nitrogens with zero attached hydrogens (tertiary/aromatic N) is 3. The van der Waals surface area contributed by atoms with Crippen LogP contribution in [-0.4, -0.2) is 14.5 Å². The molecule has 0 N–H and O–H groups in total. The molecule has 3 heteroatoms. The molecule has 1 aliphatic rings. The molecule has 6 aromatic carbocycles. The number of aromatic nitrogens is 3. The van der Waals surface area contributed by atoms with Gasteiger partial charge < -0.3 is 0 Å². The fourth-order valence-corrected chi connectivity index (χ4v) is 6.72. The molecule has 0 radical (unpaired) electrons. The number of para-hydroxylation sites is 1. The molecule has 0 saturated heterocycles. The van der Waals surface area contributed by atoms with E-state index in [1.807, 2.05) is 12.1 Å². The minimum absolute atomic E-state index is 0.665. The van der Waals surface area contributed by atoms with Crippen LogP contribution in [0.4, 0.5) is 0 Å². The van der Waals surface area contributed by atoms with Crippen LogP contribution in [0, 0.1) is 0 Å². The average Bonchev–Trinajstić information content (AvgIpc) is 3.64. The first-order valence-electron chi connectivity index (χ1n) is 15.1. The smallest absolute Gasteiger partial charge is 0.235 e. The van der Waals surface area contributed by atoms with E-state index in [1.165, 1.54) is 44.2 Å². The van der Waals surface area contributed by atoms with Gasteiger partial charge in [-0.15, -0.1) is 0 Å². The summed E-state index contributed by atoms with van der Waals surface area (Å²) >= 11 is 0. The monoisotopic (exact) mass is 561 g/mol. The van der Waals surface area contributed by atoms with Crippen molar-refractivity contribution in [3.63, 3.8) is 0 Å². The van der Waals surface area contributed by atoms with Gasteiger partial charge in [-0.05, 0) is 70.1 Å². The number of hydrogen-bond donors (Lipinski definition) is 0. The fourth-order valence-electron chi connectivity index (χ4n) is 6.72. The van der Waals surface area contributed by atoms with E-state index < -0.39 is 0 Å². The van der Waals surface area contributed by atoms with Crippen molar-refractivity contribution in [2.45, 2.75) is 6.42 Å². The largest absolute Gasteiger partial charge is 0.278 e. The van der Waals surface area contributed by atoms with Gasteiger partial charge in [0.15, 0.2) is 0 Å². The van der Waals surface area contributed by atoms with Crippen molar-refractivity contribution in [3.05, 3.63) is 163 Å². The van der Waals surface area contributed by atoms with Gasteiger partial charge in [0, 0.05) is 21.9 Å². The highest BCUT2D eigenvalue weighted by Gasteiger charge is 2.20. The number of hydrogen-bond acceptors (Lipinski definition) is 2. The maximum Gasteiger partial charge on any atom is 0.235 e. The van der Waals surface area contributed by atoms with Crippen LogP contribution in [0.15, 0.2) is 152 Å². The second-order valence-corrected chi connectivity index (χ2v) is 11.5. The standard InChI is InChI=1S/C41H27N3/c1-3-11-27(12-4-1)37-26-38(28-13-5-2-6-14-28)43-41(42-37)44-39-18-10-9-17-34(39)36-25-30(21-22-40(36)44)29-19-20-32-23-31-15-7-8-16-33(31)35(32)24-29/h1-22,24-26H,23H2. The molecule has 206 valence electrons. The number of rotatable bonds is 4. The predicted molar refractivity (Wildman–Crippen MR) is 181 cm³/mol. The van der Waals surface area contributed by atoms with E-state index in [2.05, 4.69) is 144 Å². The summed E-state index contributed by atoms with van der Waals surface area (Å²) in [7, 11) is 0. The second kappa shape index (κ2) is 9.89. The first kappa shape index (κ1) is 24.8. The van der Waals surface area contributed by atoms with Crippen LogP contribution in [-0.2, 0) is 6.42 Å². The van der Waals surface area contributed by atoms with Gasteiger partial charge >= 0.3 is 0 Å². The van der Waals surface area contributed by atoms with Crippen LogP contribution >= 0.6 is 0 Å². The highest BCUT2D eigenvalue weighted by atomic mass is 15.2. The second-order valence-electron chi connectivity index (χ2n) is 11.5. The molecule has 8 aromatic rings. The van der Waals surface area contributed by atoms with Gasteiger partial charge in [0.1, 0.15) is 0 Å². The molecule has 1 aliphatic carbocycles. The lowest BCUT2D eigenvalue weighted by atomic mass is 9.97. The van der Waals surface area contributed by atoms with Crippen molar-refractivity contribution < 1.29 is 0 Å². The fraction of sp³-hybridized carbons (Fsp3) is 0.0244. The molecular weight excluding hydrogens is 534 g/mol. The molecule has 0 unspecified atom stereocenters. The van der Waals surface area contributed by atoms with Crippen LogP contribution in [0.5, 0.6) is 0 Å². The Labute approximate surface area is 255 Å². The maximum atomic E-state index is 5.16. The van der Waals surface area contributed by atoms with E-state index in [9.17, 15) is 0 Å². The highest BCUT2D eigenvalue weighted by molar-refractivity contribution is 6.10. The van der Waals surface area contributed by atoms with Crippen molar-refractivity contribution in [2.75, 3.05) is 0 Å².